The van der Waals surface area contributed by atoms with Crippen LogP contribution in [-0.4, -0.2) is 12.1 Å². The minimum Gasteiger partial charge on any atom is -0.318 e. The number of alkyl halides is 3. The first-order chi connectivity index (χ1) is 7.75. The highest BCUT2D eigenvalue weighted by Gasteiger charge is 2.38. The van der Waals surface area contributed by atoms with Gasteiger partial charge in [-0.15, -0.1) is 0 Å². The lowest BCUT2D eigenvalue weighted by Gasteiger charge is -2.11. The van der Waals surface area contributed by atoms with Crippen LogP contribution in [-0.2, 0) is 4.79 Å². The summed E-state index contributed by atoms with van der Waals surface area (Å²) in [5, 5.41) is 10.5. The molecular weight excluding hydrogens is 257 g/mol. The highest BCUT2D eigenvalue weighted by molar-refractivity contribution is 6.32. The highest BCUT2D eigenvalue weighted by atomic mass is 35.5. The van der Waals surface area contributed by atoms with Crippen LogP contribution < -0.4 is 5.32 Å². The molecule has 0 atom stereocenters. The maximum atomic E-state index is 12.0. The number of nitrogens with zero attached hydrogens (tertiary/aromatic N) is 1. The quantitative estimate of drug-likeness (QED) is 0.846. The minimum absolute atomic E-state index is 0.00487. The Labute approximate surface area is 99.8 Å². The summed E-state index contributed by atoms with van der Waals surface area (Å²) in [4.78, 5) is 10.7. The third kappa shape index (κ3) is 3.11. The summed E-state index contributed by atoms with van der Waals surface area (Å²) in [6, 6.07) is 4.12. The molecule has 0 aliphatic rings. The summed E-state index contributed by atoms with van der Waals surface area (Å²) in [5.74, 6) is -2.09. The Balaban J connectivity index is 3.09. The van der Waals surface area contributed by atoms with E-state index >= 15 is 0 Å². The number of carbonyl (C=O) groups excluding carboxylic acids is 1. The predicted octanol–water partition coefficient (Wildman–Crippen LogP) is 3.02. The van der Waals surface area contributed by atoms with Gasteiger partial charge in [0.15, 0.2) is 0 Å². The number of hydrogen-bond donors (Lipinski definition) is 1. The second-order valence-electron chi connectivity index (χ2n) is 3.21. The van der Waals surface area contributed by atoms with Crippen LogP contribution >= 0.6 is 11.6 Å². The van der Waals surface area contributed by atoms with Crippen LogP contribution in [0, 0.1) is 18.3 Å². The molecule has 0 bridgehead atoms. The third-order valence-electron chi connectivity index (χ3n) is 1.94. The molecule has 1 N–H and O–H groups in total. The van der Waals surface area contributed by atoms with E-state index in [1.807, 2.05) is 0 Å². The van der Waals surface area contributed by atoms with Crippen LogP contribution in [0.5, 0.6) is 0 Å². The first-order valence-corrected chi connectivity index (χ1v) is 4.72. The summed E-state index contributed by atoms with van der Waals surface area (Å²) in [6.45, 7) is 1.47. The molecule has 7 heteroatoms. The zero-order valence-corrected chi connectivity index (χ0v) is 9.28. The Morgan fingerprint density at radius 1 is 1.47 bits per heavy atom. The number of benzene rings is 1. The zero-order chi connectivity index (χ0) is 13.2. The molecule has 0 spiro atoms. The van der Waals surface area contributed by atoms with Gasteiger partial charge in [0.05, 0.1) is 10.6 Å². The van der Waals surface area contributed by atoms with Crippen molar-refractivity contribution in [3.8, 4) is 6.07 Å². The van der Waals surface area contributed by atoms with Crippen LogP contribution in [0.4, 0.5) is 18.9 Å². The number of anilines is 1. The second kappa shape index (κ2) is 4.63. The number of amides is 1. The van der Waals surface area contributed by atoms with Crippen molar-refractivity contribution in [2.45, 2.75) is 13.1 Å². The summed E-state index contributed by atoms with van der Waals surface area (Å²) in [6.07, 6.45) is -4.97. The van der Waals surface area contributed by atoms with Crippen molar-refractivity contribution in [1.82, 2.24) is 0 Å². The van der Waals surface area contributed by atoms with E-state index in [2.05, 4.69) is 0 Å². The smallest absolute Gasteiger partial charge is 0.318 e. The van der Waals surface area contributed by atoms with Gasteiger partial charge in [-0.05, 0) is 24.6 Å². The second-order valence-corrected chi connectivity index (χ2v) is 3.62. The average Bonchev–Trinajstić information content (AvgIpc) is 2.20. The summed E-state index contributed by atoms with van der Waals surface area (Å²) < 4.78 is 36.1. The minimum atomic E-state index is -4.97. The van der Waals surface area contributed by atoms with Gasteiger partial charge in [-0.1, -0.05) is 11.6 Å². The number of halogens is 4. The van der Waals surface area contributed by atoms with E-state index in [9.17, 15) is 18.0 Å². The van der Waals surface area contributed by atoms with Gasteiger partial charge in [0.2, 0.25) is 0 Å². The molecule has 0 aliphatic carbocycles. The number of nitrogens with one attached hydrogen (secondary N) is 1. The molecule has 0 radical (unpaired) electrons. The first kappa shape index (κ1) is 13.3. The van der Waals surface area contributed by atoms with Gasteiger partial charge in [0.1, 0.15) is 6.07 Å². The van der Waals surface area contributed by atoms with E-state index in [1.165, 1.54) is 13.0 Å². The fourth-order valence-corrected chi connectivity index (χ4v) is 1.35. The topological polar surface area (TPSA) is 52.9 Å². The van der Waals surface area contributed by atoms with Gasteiger partial charge in [0, 0.05) is 5.69 Å². The lowest BCUT2D eigenvalue weighted by Crippen LogP contribution is -2.30. The van der Waals surface area contributed by atoms with Crippen LogP contribution in [0.3, 0.4) is 0 Å². The number of rotatable bonds is 1. The Hall–Kier alpha value is -1.74. The number of aryl methyl sites for hydroxylation is 1. The summed E-state index contributed by atoms with van der Waals surface area (Å²) in [7, 11) is 0. The molecule has 0 heterocycles. The molecule has 0 aliphatic heterocycles. The van der Waals surface area contributed by atoms with Crippen LogP contribution in [0.1, 0.15) is 11.1 Å². The Kier molecular flexibility index (Phi) is 3.63. The molecule has 1 amide bonds. The van der Waals surface area contributed by atoms with E-state index in [-0.39, 0.29) is 16.3 Å². The standard InChI is InChI=1S/C10H6ClF3N2O/c1-5-2-7(11)6(4-15)3-8(5)16-9(17)10(12,13)14/h2-3H,1H3,(H,16,17). The van der Waals surface area contributed by atoms with Gasteiger partial charge >= 0.3 is 12.1 Å². The van der Waals surface area contributed by atoms with Gasteiger partial charge in [0.25, 0.3) is 0 Å². The molecule has 90 valence electrons. The first-order valence-electron chi connectivity index (χ1n) is 4.34. The average molecular weight is 263 g/mol. The van der Waals surface area contributed by atoms with Crippen molar-refractivity contribution in [2.24, 2.45) is 0 Å². The van der Waals surface area contributed by atoms with Crippen molar-refractivity contribution < 1.29 is 18.0 Å². The molecule has 0 saturated carbocycles. The monoisotopic (exact) mass is 262 g/mol. The van der Waals surface area contributed by atoms with Crippen molar-refractivity contribution in [1.29, 1.82) is 5.26 Å². The Morgan fingerprint density at radius 3 is 2.53 bits per heavy atom. The largest absolute Gasteiger partial charge is 0.471 e. The van der Waals surface area contributed by atoms with Gasteiger partial charge in [-0.3, -0.25) is 4.79 Å². The molecule has 0 aromatic heterocycles. The maximum absolute atomic E-state index is 12.0. The molecule has 3 nitrogen and oxygen atoms in total. The number of hydrogen-bond acceptors (Lipinski definition) is 2. The molecule has 1 aromatic rings. The van der Waals surface area contributed by atoms with Crippen LogP contribution in [0.25, 0.3) is 0 Å². The Bertz CT molecular complexity index is 505. The molecule has 0 saturated heterocycles. The fourth-order valence-electron chi connectivity index (χ4n) is 1.09. The van der Waals surface area contributed by atoms with Gasteiger partial charge in [-0.2, -0.15) is 18.4 Å². The van der Waals surface area contributed by atoms with Crippen LogP contribution in [0.2, 0.25) is 5.02 Å². The fraction of sp³-hybridized carbons (Fsp3) is 0.200. The van der Waals surface area contributed by atoms with Crippen molar-refractivity contribution in [3.63, 3.8) is 0 Å². The Morgan fingerprint density at radius 2 is 2.06 bits per heavy atom. The maximum Gasteiger partial charge on any atom is 0.471 e. The number of nitriles is 1. The molecular formula is C10H6ClF3N2O. The van der Waals surface area contributed by atoms with E-state index in [4.69, 9.17) is 16.9 Å². The van der Waals surface area contributed by atoms with E-state index < -0.39 is 12.1 Å². The lowest BCUT2D eigenvalue weighted by atomic mass is 10.1. The van der Waals surface area contributed by atoms with Gasteiger partial charge < -0.3 is 5.32 Å². The van der Waals surface area contributed by atoms with Crippen molar-refractivity contribution in [2.75, 3.05) is 5.32 Å². The SMILES string of the molecule is Cc1cc(Cl)c(C#N)cc1NC(=O)C(F)(F)F. The third-order valence-corrected chi connectivity index (χ3v) is 2.25. The normalized spacial score (nSPS) is 10.8. The number of carbonyl (C=O) groups is 1. The van der Waals surface area contributed by atoms with Crippen molar-refractivity contribution in [3.05, 3.63) is 28.3 Å². The van der Waals surface area contributed by atoms with E-state index in [0.717, 1.165) is 6.07 Å². The van der Waals surface area contributed by atoms with Crippen molar-refractivity contribution >= 4 is 23.2 Å². The molecule has 1 aromatic carbocycles. The molecule has 0 unspecified atom stereocenters. The van der Waals surface area contributed by atoms with E-state index in [1.54, 1.807) is 11.4 Å². The molecule has 1 rings (SSSR count). The summed E-state index contributed by atoms with van der Waals surface area (Å²) >= 11 is 5.67. The molecule has 17 heavy (non-hydrogen) atoms. The lowest BCUT2D eigenvalue weighted by molar-refractivity contribution is -0.167. The van der Waals surface area contributed by atoms with Gasteiger partial charge in [-0.25, -0.2) is 0 Å². The predicted molar refractivity (Wildman–Crippen MR) is 55.6 cm³/mol. The summed E-state index contributed by atoms with van der Waals surface area (Å²) in [5.41, 5.74) is 0.245. The molecule has 0 fully saturated rings. The zero-order valence-electron chi connectivity index (χ0n) is 8.52. The van der Waals surface area contributed by atoms with Crippen LogP contribution in [0.15, 0.2) is 12.1 Å². The van der Waals surface area contributed by atoms with E-state index in [0.29, 0.717) is 5.56 Å². The highest BCUT2D eigenvalue weighted by Crippen LogP contribution is 2.26.